The standard InChI is InChI=1S/C18H21ClN2O/c1-14-2-4-16(5-3-14)12-20-13-18(22)21-11-10-15-6-8-17(19)9-7-15/h2-9,20H,10-13H2,1H3,(H,21,22). The van der Waals surface area contributed by atoms with E-state index in [4.69, 9.17) is 11.6 Å². The van der Waals surface area contributed by atoms with Crippen LogP contribution in [0.1, 0.15) is 16.7 Å². The summed E-state index contributed by atoms with van der Waals surface area (Å²) in [6.45, 7) is 3.72. The molecule has 22 heavy (non-hydrogen) atoms. The molecule has 0 fully saturated rings. The Balaban J connectivity index is 1.61. The number of aryl methyl sites for hydroxylation is 1. The van der Waals surface area contributed by atoms with Gasteiger partial charge in [0, 0.05) is 18.1 Å². The van der Waals surface area contributed by atoms with E-state index < -0.39 is 0 Å². The van der Waals surface area contributed by atoms with Crippen molar-refractivity contribution in [1.82, 2.24) is 10.6 Å². The fourth-order valence-electron chi connectivity index (χ4n) is 2.09. The third-order valence-corrected chi connectivity index (χ3v) is 3.64. The Bertz CT molecular complexity index is 540. The summed E-state index contributed by atoms with van der Waals surface area (Å²) in [5, 5.41) is 6.78. The summed E-state index contributed by atoms with van der Waals surface area (Å²) in [6, 6.07) is 16.0. The minimum Gasteiger partial charge on any atom is -0.355 e. The molecule has 0 aliphatic rings. The lowest BCUT2D eigenvalue weighted by atomic mass is 10.1. The Kier molecular flexibility index (Phi) is 6.44. The molecule has 0 heterocycles. The summed E-state index contributed by atoms with van der Waals surface area (Å²) in [4.78, 5) is 11.7. The van der Waals surface area contributed by atoms with Crippen LogP contribution < -0.4 is 10.6 Å². The number of carbonyl (C=O) groups excluding carboxylic acids is 1. The fraction of sp³-hybridized carbons (Fsp3) is 0.278. The zero-order valence-corrected chi connectivity index (χ0v) is 13.5. The predicted molar refractivity (Wildman–Crippen MR) is 91.1 cm³/mol. The Morgan fingerprint density at radius 2 is 1.64 bits per heavy atom. The normalized spacial score (nSPS) is 10.5. The minimum atomic E-state index is 0.0149. The van der Waals surface area contributed by atoms with Gasteiger partial charge in [0.25, 0.3) is 0 Å². The molecule has 0 aliphatic heterocycles. The molecule has 0 saturated heterocycles. The van der Waals surface area contributed by atoms with Crippen LogP contribution >= 0.6 is 11.6 Å². The molecule has 0 unspecified atom stereocenters. The van der Waals surface area contributed by atoms with Crippen LogP contribution in [0.4, 0.5) is 0 Å². The molecule has 2 rings (SSSR count). The van der Waals surface area contributed by atoms with Crippen molar-refractivity contribution >= 4 is 17.5 Å². The zero-order valence-electron chi connectivity index (χ0n) is 12.7. The molecule has 0 atom stereocenters. The molecule has 0 bridgehead atoms. The second-order valence-electron chi connectivity index (χ2n) is 5.32. The van der Waals surface area contributed by atoms with Crippen molar-refractivity contribution in [2.24, 2.45) is 0 Å². The first-order valence-corrected chi connectivity index (χ1v) is 7.79. The van der Waals surface area contributed by atoms with Crippen LogP contribution in [0.15, 0.2) is 48.5 Å². The van der Waals surface area contributed by atoms with Crippen LogP contribution in [0.3, 0.4) is 0 Å². The van der Waals surface area contributed by atoms with Gasteiger partial charge >= 0.3 is 0 Å². The number of halogens is 1. The Labute approximate surface area is 136 Å². The van der Waals surface area contributed by atoms with Gasteiger partial charge in [0.2, 0.25) is 5.91 Å². The van der Waals surface area contributed by atoms with Crippen LogP contribution in [0.2, 0.25) is 5.02 Å². The maximum absolute atomic E-state index is 11.7. The van der Waals surface area contributed by atoms with Gasteiger partial charge in [0.15, 0.2) is 0 Å². The first kappa shape index (κ1) is 16.5. The summed E-state index contributed by atoms with van der Waals surface area (Å²) in [5.41, 5.74) is 3.58. The van der Waals surface area contributed by atoms with E-state index >= 15 is 0 Å². The van der Waals surface area contributed by atoms with E-state index in [1.165, 1.54) is 11.1 Å². The van der Waals surface area contributed by atoms with Crippen molar-refractivity contribution in [3.05, 3.63) is 70.2 Å². The fourth-order valence-corrected chi connectivity index (χ4v) is 2.21. The van der Waals surface area contributed by atoms with Gasteiger partial charge in [-0.25, -0.2) is 0 Å². The number of rotatable bonds is 7. The van der Waals surface area contributed by atoms with Gasteiger partial charge in [0.05, 0.1) is 6.54 Å². The Morgan fingerprint density at radius 1 is 1.00 bits per heavy atom. The molecular weight excluding hydrogens is 296 g/mol. The number of benzene rings is 2. The van der Waals surface area contributed by atoms with Crippen molar-refractivity contribution in [2.75, 3.05) is 13.1 Å². The lowest BCUT2D eigenvalue weighted by molar-refractivity contribution is -0.120. The monoisotopic (exact) mass is 316 g/mol. The van der Waals surface area contributed by atoms with E-state index in [9.17, 15) is 4.79 Å². The zero-order chi connectivity index (χ0) is 15.8. The molecule has 0 radical (unpaired) electrons. The highest BCUT2D eigenvalue weighted by atomic mass is 35.5. The van der Waals surface area contributed by atoms with Crippen molar-refractivity contribution in [2.45, 2.75) is 19.9 Å². The predicted octanol–water partition coefficient (Wildman–Crippen LogP) is 3.10. The minimum absolute atomic E-state index is 0.0149. The van der Waals surface area contributed by atoms with E-state index in [0.717, 1.165) is 17.0 Å². The third-order valence-electron chi connectivity index (χ3n) is 3.38. The van der Waals surface area contributed by atoms with Crippen molar-refractivity contribution < 1.29 is 4.79 Å². The molecule has 3 nitrogen and oxygen atoms in total. The summed E-state index contributed by atoms with van der Waals surface area (Å²) >= 11 is 5.83. The molecular formula is C18H21ClN2O. The van der Waals surface area contributed by atoms with Crippen LogP contribution in [0, 0.1) is 6.92 Å². The number of carbonyl (C=O) groups is 1. The van der Waals surface area contributed by atoms with Gasteiger partial charge < -0.3 is 10.6 Å². The van der Waals surface area contributed by atoms with Gasteiger partial charge in [0.1, 0.15) is 0 Å². The first-order valence-electron chi connectivity index (χ1n) is 7.41. The molecule has 0 aliphatic carbocycles. The van der Waals surface area contributed by atoms with Gasteiger partial charge in [-0.2, -0.15) is 0 Å². The van der Waals surface area contributed by atoms with Gasteiger partial charge in [-0.3, -0.25) is 4.79 Å². The number of amides is 1. The van der Waals surface area contributed by atoms with Crippen molar-refractivity contribution in [3.8, 4) is 0 Å². The smallest absolute Gasteiger partial charge is 0.233 e. The molecule has 0 aromatic heterocycles. The van der Waals surface area contributed by atoms with Crippen molar-refractivity contribution in [1.29, 1.82) is 0 Å². The molecule has 1 amide bonds. The van der Waals surface area contributed by atoms with Gasteiger partial charge in [-0.1, -0.05) is 53.6 Å². The molecule has 0 saturated carbocycles. The van der Waals surface area contributed by atoms with E-state index in [1.54, 1.807) is 0 Å². The van der Waals surface area contributed by atoms with Crippen LogP contribution in [0.5, 0.6) is 0 Å². The second kappa shape index (κ2) is 8.57. The quantitative estimate of drug-likeness (QED) is 0.824. The molecule has 0 spiro atoms. The average molecular weight is 317 g/mol. The van der Waals surface area contributed by atoms with Gasteiger partial charge in [-0.05, 0) is 36.6 Å². The number of nitrogens with one attached hydrogen (secondary N) is 2. The highest BCUT2D eigenvalue weighted by Gasteiger charge is 2.01. The lowest BCUT2D eigenvalue weighted by Crippen LogP contribution is -2.34. The van der Waals surface area contributed by atoms with E-state index in [1.807, 2.05) is 24.3 Å². The Morgan fingerprint density at radius 3 is 2.32 bits per heavy atom. The number of hydrogen-bond donors (Lipinski definition) is 2. The van der Waals surface area contributed by atoms with Crippen molar-refractivity contribution in [3.63, 3.8) is 0 Å². The second-order valence-corrected chi connectivity index (χ2v) is 5.75. The van der Waals surface area contributed by atoms with Crippen LogP contribution in [-0.2, 0) is 17.8 Å². The largest absolute Gasteiger partial charge is 0.355 e. The van der Waals surface area contributed by atoms with E-state index in [2.05, 4.69) is 41.8 Å². The van der Waals surface area contributed by atoms with E-state index in [-0.39, 0.29) is 5.91 Å². The lowest BCUT2D eigenvalue weighted by Gasteiger charge is -2.07. The highest BCUT2D eigenvalue weighted by Crippen LogP contribution is 2.09. The van der Waals surface area contributed by atoms with Crippen LogP contribution in [0.25, 0.3) is 0 Å². The summed E-state index contributed by atoms with van der Waals surface area (Å²) in [7, 11) is 0. The Hall–Kier alpha value is -1.84. The summed E-state index contributed by atoms with van der Waals surface area (Å²) in [5.74, 6) is 0.0149. The maximum atomic E-state index is 11.7. The van der Waals surface area contributed by atoms with E-state index in [0.29, 0.717) is 19.6 Å². The molecule has 116 valence electrons. The topological polar surface area (TPSA) is 41.1 Å². The number of hydrogen-bond acceptors (Lipinski definition) is 2. The van der Waals surface area contributed by atoms with Crippen LogP contribution in [-0.4, -0.2) is 19.0 Å². The van der Waals surface area contributed by atoms with Gasteiger partial charge in [-0.15, -0.1) is 0 Å². The maximum Gasteiger partial charge on any atom is 0.233 e. The summed E-state index contributed by atoms with van der Waals surface area (Å²) in [6.07, 6.45) is 0.806. The molecule has 2 aromatic carbocycles. The highest BCUT2D eigenvalue weighted by molar-refractivity contribution is 6.30. The molecule has 4 heteroatoms. The molecule has 2 aromatic rings. The summed E-state index contributed by atoms with van der Waals surface area (Å²) < 4.78 is 0. The average Bonchev–Trinajstić information content (AvgIpc) is 2.51. The molecule has 2 N–H and O–H groups in total. The third kappa shape index (κ3) is 5.88. The SMILES string of the molecule is Cc1ccc(CNCC(=O)NCCc2ccc(Cl)cc2)cc1. The first-order chi connectivity index (χ1) is 10.6.